The number of fused-ring (bicyclic) bond motifs is 1. The van der Waals surface area contributed by atoms with Crippen LogP contribution in [-0.4, -0.2) is 45.8 Å². The van der Waals surface area contributed by atoms with E-state index in [2.05, 4.69) is 0 Å². The van der Waals surface area contributed by atoms with E-state index in [9.17, 15) is 9.18 Å². The maximum atomic E-state index is 13.8. The molecule has 0 bridgehead atoms. The van der Waals surface area contributed by atoms with Crippen molar-refractivity contribution in [1.29, 1.82) is 0 Å². The van der Waals surface area contributed by atoms with Gasteiger partial charge in [-0.05, 0) is 59.5 Å². The summed E-state index contributed by atoms with van der Waals surface area (Å²) in [5, 5.41) is 0. The van der Waals surface area contributed by atoms with Crippen LogP contribution >= 0.6 is 0 Å². The molecular weight excluding hydrogens is 425 g/mol. The Balaban J connectivity index is 1.84. The summed E-state index contributed by atoms with van der Waals surface area (Å²) < 4.78 is 35.4. The molecule has 0 unspecified atom stereocenters. The third kappa shape index (κ3) is 4.31. The van der Waals surface area contributed by atoms with Gasteiger partial charge in [0.1, 0.15) is 17.3 Å². The summed E-state index contributed by atoms with van der Waals surface area (Å²) in [7, 11) is 6.25. The van der Waals surface area contributed by atoms with Crippen LogP contribution in [0.5, 0.6) is 23.0 Å². The van der Waals surface area contributed by atoms with Crippen molar-refractivity contribution in [3.8, 4) is 23.0 Å². The Kier molecular flexibility index (Phi) is 6.40. The lowest BCUT2D eigenvalue weighted by molar-refractivity contribution is 0.0693. The molecule has 1 heterocycles. The molecule has 1 aliphatic heterocycles. The highest BCUT2D eigenvalue weighted by molar-refractivity contribution is 5.96. The zero-order valence-corrected chi connectivity index (χ0v) is 19.1. The van der Waals surface area contributed by atoms with Crippen molar-refractivity contribution in [2.75, 3.05) is 35.0 Å². The van der Waals surface area contributed by atoms with Crippen LogP contribution in [0.25, 0.3) is 0 Å². The number of ether oxygens (including phenoxy) is 4. The lowest BCUT2D eigenvalue weighted by atomic mass is 9.87. The first-order chi connectivity index (χ1) is 16.0. The number of rotatable bonds is 6. The third-order valence-corrected chi connectivity index (χ3v) is 5.92. The molecule has 33 heavy (non-hydrogen) atoms. The van der Waals surface area contributed by atoms with Crippen LogP contribution < -0.4 is 18.9 Å². The zero-order valence-electron chi connectivity index (χ0n) is 19.1. The summed E-state index contributed by atoms with van der Waals surface area (Å²) in [5.41, 5.74) is 3.21. The topological polar surface area (TPSA) is 57.2 Å². The van der Waals surface area contributed by atoms with Gasteiger partial charge in [0.05, 0.1) is 34.5 Å². The summed E-state index contributed by atoms with van der Waals surface area (Å²) >= 11 is 0. The molecule has 0 radical (unpaired) electrons. The van der Waals surface area contributed by atoms with Crippen LogP contribution in [0.1, 0.15) is 33.1 Å². The number of carbonyl (C=O) groups is 1. The fourth-order valence-corrected chi connectivity index (χ4v) is 4.27. The van der Waals surface area contributed by atoms with E-state index in [-0.39, 0.29) is 11.7 Å². The van der Waals surface area contributed by atoms with Crippen LogP contribution in [0, 0.1) is 5.82 Å². The fraction of sp³-hybridized carbons (Fsp3) is 0.269. The van der Waals surface area contributed by atoms with Gasteiger partial charge in [-0.1, -0.05) is 12.1 Å². The summed E-state index contributed by atoms with van der Waals surface area (Å²) in [5.74, 6) is 1.74. The van der Waals surface area contributed by atoms with Crippen molar-refractivity contribution in [2.24, 2.45) is 0 Å². The number of carbonyl (C=O) groups excluding carboxylic acids is 1. The predicted molar refractivity (Wildman–Crippen MR) is 122 cm³/mol. The van der Waals surface area contributed by atoms with Crippen molar-refractivity contribution in [3.05, 3.63) is 82.7 Å². The molecule has 0 aromatic heterocycles. The van der Waals surface area contributed by atoms with Crippen LogP contribution in [-0.2, 0) is 6.42 Å². The summed E-state index contributed by atoms with van der Waals surface area (Å²) in [6.07, 6.45) is 0.639. The van der Waals surface area contributed by atoms with Gasteiger partial charge in [-0.15, -0.1) is 0 Å². The maximum Gasteiger partial charge on any atom is 0.254 e. The molecule has 6 nitrogen and oxygen atoms in total. The molecule has 1 atom stereocenters. The first kappa shape index (κ1) is 22.5. The number of methoxy groups -OCH3 is 4. The molecule has 1 amide bonds. The first-order valence-electron chi connectivity index (χ1n) is 10.5. The molecule has 3 aromatic rings. The molecule has 3 aromatic carbocycles. The molecule has 172 valence electrons. The van der Waals surface area contributed by atoms with Crippen molar-refractivity contribution >= 4 is 5.91 Å². The highest BCUT2D eigenvalue weighted by Crippen LogP contribution is 2.42. The minimum Gasteiger partial charge on any atom is -0.497 e. The quantitative estimate of drug-likeness (QED) is 0.546. The molecular formula is C26H26FNO5. The Bertz CT molecular complexity index is 1140. The molecule has 7 heteroatoms. The molecule has 0 fully saturated rings. The van der Waals surface area contributed by atoms with Gasteiger partial charge in [-0.25, -0.2) is 4.39 Å². The van der Waals surface area contributed by atoms with Gasteiger partial charge in [-0.2, -0.15) is 0 Å². The van der Waals surface area contributed by atoms with Crippen molar-refractivity contribution in [3.63, 3.8) is 0 Å². The van der Waals surface area contributed by atoms with Crippen LogP contribution in [0.4, 0.5) is 4.39 Å². The summed E-state index contributed by atoms with van der Waals surface area (Å²) in [6.45, 7) is 0.475. The SMILES string of the molecule is COc1cc(OC)cc(C(=O)N2CCc3cc(OC)c(OC)cc3[C@@H]2c2ccc(F)cc2)c1. The van der Waals surface area contributed by atoms with Gasteiger partial charge in [0.2, 0.25) is 0 Å². The van der Waals surface area contributed by atoms with E-state index >= 15 is 0 Å². The number of halogens is 1. The van der Waals surface area contributed by atoms with Gasteiger partial charge >= 0.3 is 0 Å². The lowest BCUT2D eigenvalue weighted by Gasteiger charge is -2.38. The monoisotopic (exact) mass is 451 g/mol. The van der Waals surface area contributed by atoms with Crippen LogP contribution in [0.15, 0.2) is 54.6 Å². The highest BCUT2D eigenvalue weighted by Gasteiger charge is 2.34. The highest BCUT2D eigenvalue weighted by atomic mass is 19.1. The van der Waals surface area contributed by atoms with Crippen molar-refractivity contribution in [2.45, 2.75) is 12.5 Å². The van der Waals surface area contributed by atoms with E-state index in [1.807, 2.05) is 12.1 Å². The lowest BCUT2D eigenvalue weighted by Crippen LogP contribution is -2.40. The minimum absolute atomic E-state index is 0.179. The van der Waals surface area contributed by atoms with Crippen LogP contribution in [0.3, 0.4) is 0 Å². The Labute approximate surface area is 192 Å². The molecule has 4 rings (SSSR count). The van der Waals surface area contributed by atoms with Gasteiger partial charge < -0.3 is 23.8 Å². The van der Waals surface area contributed by atoms with E-state index in [0.29, 0.717) is 41.5 Å². The smallest absolute Gasteiger partial charge is 0.254 e. The Morgan fingerprint density at radius 1 is 0.848 bits per heavy atom. The van der Waals surface area contributed by atoms with E-state index in [4.69, 9.17) is 18.9 Å². The second kappa shape index (κ2) is 9.40. The second-order valence-electron chi connectivity index (χ2n) is 7.71. The molecule has 1 aliphatic rings. The maximum absolute atomic E-state index is 13.8. The van der Waals surface area contributed by atoms with Crippen molar-refractivity contribution < 1.29 is 28.1 Å². The van der Waals surface area contributed by atoms with E-state index in [1.54, 1.807) is 63.7 Å². The first-order valence-corrected chi connectivity index (χ1v) is 10.5. The average molecular weight is 451 g/mol. The number of benzene rings is 3. The number of nitrogens with zero attached hydrogens (tertiary/aromatic N) is 1. The Morgan fingerprint density at radius 2 is 1.45 bits per heavy atom. The van der Waals surface area contributed by atoms with Gasteiger partial charge in [0, 0.05) is 18.2 Å². The van der Waals surface area contributed by atoms with E-state index in [1.165, 1.54) is 12.1 Å². The molecule has 0 N–H and O–H groups in total. The molecule has 0 spiro atoms. The van der Waals surface area contributed by atoms with Gasteiger partial charge in [0.15, 0.2) is 11.5 Å². The van der Waals surface area contributed by atoms with Gasteiger partial charge in [0.25, 0.3) is 5.91 Å². The Hall–Kier alpha value is -3.74. The zero-order chi connectivity index (χ0) is 23.5. The fourth-order valence-electron chi connectivity index (χ4n) is 4.27. The van der Waals surface area contributed by atoms with Crippen molar-refractivity contribution in [1.82, 2.24) is 4.90 Å². The number of amides is 1. The minimum atomic E-state index is -0.432. The summed E-state index contributed by atoms with van der Waals surface area (Å²) in [4.78, 5) is 15.5. The van der Waals surface area contributed by atoms with Crippen LogP contribution in [0.2, 0.25) is 0 Å². The normalized spacial score (nSPS) is 14.9. The molecule has 0 saturated heterocycles. The second-order valence-corrected chi connectivity index (χ2v) is 7.71. The Morgan fingerprint density at radius 3 is 2.03 bits per heavy atom. The van der Waals surface area contributed by atoms with E-state index < -0.39 is 6.04 Å². The largest absolute Gasteiger partial charge is 0.497 e. The average Bonchev–Trinajstić information content (AvgIpc) is 2.86. The summed E-state index contributed by atoms with van der Waals surface area (Å²) in [6, 6.07) is 14.7. The van der Waals surface area contributed by atoms with Gasteiger partial charge in [-0.3, -0.25) is 4.79 Å². The predicted octanol–water partition coefficient (Wildman–Crippen LogP) is 4.65. The van der Waals surface area contributed by atoms with E-state index in [0.717, 1.165) is 16.7 Å². The number of hydrogen-bond acceptors (Lipinski definition) is 5. The third-order valence-electron chi connectivity index (χ3n) is 5.92. The standard InChI is InChI=1S/C26H26FNO5/c1-30-20-11-18(12-21(14-20)31-2)26(29)28-10-9-17-13-23(32-3)24(33-4)15-22(17)25(28)16-5-7-19(27)8-6-16/h5-8,11-15,25H,9-10H2,1-4H3/t25-/m0/s1. The number of hydrogen-bond donors (Lipinski definition) is 0. The molecule has 0 aliphatic carbocycles. The molecule has 0 saturated carbocycles.